The van der Waals surface area contributed by atoms with E-state index in [1.807, 2.05) is 18.4 Å². The van der Waals surface area contributed by atoms with Crippen molar-refractivity contribution >= 4 is 23.3 Å². The van der Waals surface area contributed by atoms with Crippen LogP contribution in [0, 0.1) is 5.82 Å². The van der Waals surface area contributed by atoms with E-state index in [2.05, 4.69) is 5.32 Å². The molecule has 0 spiro atoms. The number of halogens is 1. The smallest absolute Gasteiger partial charge is 0.317 e. The summed E-state index contributed by atoms with van der Waals surface area (Å²) in [4.78, 5) is 30.1. The summed E-state index contributed by atoms with van der Waals surface area (Å²) in [5.74, 6) is -0.119. The van der Waals surface area contributed by atoms with Gasteiger partial charge >= 0.3 is 6.03 Å². The quantitative estimate of drug-likeness (QED) is 0.639. The van der Waals surface area contributed by atoms with Gasteiger partial charge < -0.3 is 24.6 Å². The minimum absolute atomic E-state index is 0.0505. The molecule has 31 heavy (non-hydrogen) atoms. The second-order valence-electron chi connectivity index (χ2n) is 7.17. The number of urea groups is 1. The molecular weight excluding hydrogens is 421 g/mol. The van der Waals surface area contributed by atoms with Gasteiger partial charge in [-0.05, 0) is 42.5 Å². The average molecular weight is 450 g/mol. The van der Waals surface area contributed by atoms with Crippen LogP contribution in [0.2, 0.25) is 0 Å². The topological polar surface area (TPSA) is 71.1 Å². The zero-order valence-electron chi connectivity index (χ0n) is 17.8. The summed E-state index contributed by atoms with van der Waals surface area (Å²) < 4.78 is 24.4. The first-order valence-corrected chi connectivity index (χ1v) is 11.2. The van der Waals surface area contributed by atoms with Gasteiger partial charge in [-0.25, -0.2) is 9.18 Å². The Morgan fingerprint density at radius 1 is 1.35 bits per heavy atom. The number of methoxy groups -OCH3 is 1. The summed E-state index contributed by atoms with van der Waals surface area (Å²) in [6.07, 6.45) is 0.758. The molecule has 2 heterocycles. The maximum absolute atomic E-state index is 13.5. The zero-order valence-corrected chi connectivity index (χ0v) is 18.6. The van der Waals surface area contributed by atoms with Crippen molar-refractivity contribution in [1.82, 2.24) is 15.1 Å². The number of hydrogen-bond acceptors (Lipinski definition) is 5. The van der Waals surface area contributed by atoms with Crippen LogP contribution in [0.3, 0.4) is 0 Å². The van der Waals surface area contributed by atoms with Gasteiger partial charge in [-0.15, -0.1) is 11.3 Å². The third kappa shape index (κ3) is 5.95. The van der Waals surface area contributed by atoms with E-state index >= 15 is 0 Å². The number of carbonyl (C=O) groups is 2. The van der Waals surface area contributed by atoms with Crippen molar-refractivity contribution in [2.45, 2.75) is 19.4 Å². The first kappa shape index (κ1) is 23.0. The Bertz CT molecular complexity index is 891. The highest BCUT2D eigenvalue weighted by atomic mass is 32.1. The number of amides is 3. The molecule has 7 nitrogen and oxygen atoms in total. The Hall–Kier alpha value is -2.65. The van der Waals surface area contributed by atoms with Crippen molar-refractivity contribution in [3.63, 3.8) is 0 Å². The van der Waals surface area contributed by atoms with Gasteiger partial charge in [-0.3, -0.25) is 4.79 Å². The lowest BCUT2D eigenvalue weighted by molar-refractivity contribution is -0.135. The van der Waals surface area contributed by atoms with Gasteiger partial charge in [0, 0.05) is 37.7 Å². The van der Waals surface area contributed by atoms with Gasteiger partial charge in [0.15, 0.2) is 0 Å². The van der Waals surface area contributed by atoms with Gasteiger partial charge in [-0.1, -0.05) is 6.07 Å². The van der Waals surface area contributed by atoms with Gasteiger partial charge in [0.25, 0.3) is 0 Å². The fraction of sp³-hybridized carbons (Fsp3) is 0.455. The lowest BCUT2D eigenvalue weighted by Gasteiger charge is -2.37. The van der Waals surface area contributed by atoms with E-state index < -0.39 is 0 Å². The molecule has 3 rings (SSSR count). The van der Waals surface area contributed by atoms with E-state index in [1.54, 1.807) is 35.5 Å². The molecule has 0 unspecified atom stereocenters. The van der Waals surface area contributed by atoms with Crippen LogP contribution in [0.15, 0.2) is 35.7 Å². The van der Waals surface area contributed by atoms with Crippen molar-refractivity contribution in [3.05, 3.63) is 52.0 Å². The normalized spacial score (nSPS) is 15.3. The largest absolute Gasteiger partial charge is 0.491 e. The van der Waals surface area contributed by atoms with E-state index in [0.717, 1.165) is 12.0 Å². The Kier molecular flexibility index (Phi) is 8.25. The molecule has 1 aliphatic rings. The van der Waals surface area contributed by atoms with Crippen LogP contribution in [-0.2, 0) is 16.0 Å². The number of carbonyl (C=O) groups excluding carboxylic acids is 2. The van der Waals surface area contributed by atoms with E-state index in [9.17, 15) is 14.0 Å². The standard InChI is InChI=1S/C22H28FN3O4S/c1-3-24-22(28)25(10-11-29-2)14-21(27)26-9-7-20-18(8-12-31-20)19(26)15-30-17-6-4-5-16(23)13-17/h4-6,8,12-13,19H,3,7,9-11,14-15H2,1-2H3,(H,24,28)/t19-/m1/s1. The molecule has 1 atom stereocenters. The molecule has 1 N–H and O–H groups in total. The lowest BCUT2D eigenvalue weighted by atomic mass is 10.0. The fourth-order valence-corrected chi connectivity index (χ4v) is 4.51. The highest BCUT2D eigenvalue weighted by molar-refractivity contribution is 7.10. The van der Waals surface area contributed by atoms with Crippen LogP contribution >= 0.6 is 11.3 Å². The molecule has 1 aliphatic heterocycles. The fourth-order valence-electron chi connectivity index (χ4n) is 3.58. The van der Waals surface area contributed by atoms with E-state index in [1.165, 1.54) is 21.9 Å². The number of fused-ring (bicyclic) bond motifs is 1. The van der Waals surface area contributed by atoms with Crippen LogP contribution in [0.4, 0.5) is 9.18 Å². The van der Waals surface area contributed by atoms with Crippen LogP contribution < -0.4 is 10.1 Å². The number of ether oxygens (including phenoxy) is 2. The molecule has 1 aromatic carbocycles. The second kappa shape index (κ2) is 11.1. The summed E-state index contributed by atoms with van der Waals surface area (Å²) in [6, 6.07) is 7.36. The number of nitrogens with one attached hydrogen (secondary N) is 1. The van der Waals surface area contributed by atoms with Crippen molar-refractivity contribution in [2.24, 2.45) is 0 Å². The molecule has 3 amide bonds. The molecule has 9 heteroatoms. The maximum atomic E-state index is 13.5. The first-order valence-electron chi connectivity index (χ1n) is 10.3. The second-order valence-corrected chi connectivity index (χ2v) is 8.17. The Morgan fingerprint density at radius 2 is 2.19 bits per heavy atom. The molecule has 0 fully saturated rings. The molecule has 0 aliphatic carbocycles. The SMILES string of the molecule is CCNC(=O)N(CCOC)CC(=O)N1CCc2sccc2[C@H]1COc1cccc(F)c1. The third-order valence-electron chi connectivity index (χ3n) is 5.13. The van der Waals surface area contributed by atoms with Crippen molar-refractivity contribution in [3.8, 4) is 5.75 Å². The summed E-state index contributed by atoms with van der Waals surface area (Å²) in [7, 11) is 1.56. The molecule has 0 bridgehead atoms. The predicted octanol–water partition coefficient (Wildman–Crippen LogP) is 3.07. The zero-order chi connectivity index (χ0) is 22.2. The van der Waals surface area contributed by atoms with Gasteiger partial charge in [0.05, 0.1) is 12.6 Å². The minimum Gasteiger partial charge on any atom is -0.491 e. The third-order valence-corrected chi connectivity index (χ3v) is 6.12. The van der Waals surface area contributed by atoms with Crippen LogP contribution in [0.25, 0.3) is 0 Å². The summed E-state index contributed by atoms with van der Waals surface area (Å²) in [5, 5.41) is 4.75. The number of nitrogens with zero attached hydrogens (tertiary/aromatic N) is 2. The van der Waals surface area contributed by atoms with Crippen LogP contribution in [-0.4, -0.2) is 68.2 Å². The summed E-state index contributed by atoms with van der Waals surface area (Å²) in [5.41, 5.74) is 1.04. The summed E-state index contributed by atoms with van der Waals surface area (Å²) in [6.45, 7) is 3.65. The minimum atomic E-state index is -0.374. The molecule has 0 saturated heterocycles. The van der Waals surface area contributed by atoms with E-state index in [0.29, 0.717) is 32.0 Å². The van der Waals surface area contributed by atoms with Gasteiger partial charge in [0.2, 0.25) is 5.91 Å². The van der Waals surface area contributed by atoms with E-state index in [-0.39, 0.29) is 36.9 Å². The highest BCUT2D eigenvalue weighted by Crippen LogP contribution is 2.34. The molecular formula is C22H28FN3O4S. The molecule has 0 saturated carbocycles. The van der Waals surface area contributed by atoms with Crippen LogP contribution in [0.5, 0.6) is 5.75 Å². The highest BCUT2D eigenvalue weighted by Gasteiger charge is 2.33. The average Bonchev–Trinajstić information content (AvgIpc) is 3.24. The molecule has 0 radical (unpaired) electrons. The number of benzene rings is 1. The molecule has 168 valence electrons. The first-order chi connectivity index (χ1) is 15.0. The Labute approximate surface area is 185 Å². The number of thiophene rings is 1. The Balaban J connectivity index is 1.75. The van der Waals surface area contributed by atoms with E-state index in [4.69, 9.17) is 9.47 Å². The summed E-state index contributed by atoms with van der Waals surface area (Å²) >= 11 is 1.66. The molecule has 2 aromatic rings. The van der Waals surface area contributed by atoms with Gasteiger partial charge in [-0.2, -0.15) is 0 Å². The van der Waals surface area contributed by atoms with Crippen molar-refractivity contribution in [2.75, 3.05) is 46.5 Å². The van der Waals surface area contributed by atoms with Gasteiger partial charge in [0.1, 0.15) is 24.7 Å². The molecule has 1 aromatic heterocycles. The van der Waals surface area contributed by atoms with Crippen molar-refractivity contribution in [1.29, 1.82) is 0 Å². The monoisotopic (exact) mass is 449 g/mol. The maximum Gasteiger partial charge on any atom is 0.317 e. The predicted molar refractivity (Wildman–Crippen MR) is 117 cm³/mol. The number of rotatable bonds is 9. The number of hydrogen-bond donors (Lipinski definition) is 1. The Morgan fingerprint density at radius 3 is 2.94 bits per heavy atom. The lowest BCUT2D eigenvalue weighted by Crippen LogP contribution is -2.50. The van der Waals surface area contributed by atoms with Crippen LogP contribution in [0.1, 0.15) is 23.4 Å². The van der Waals surface area contributed by atoms with Crippen molar-refractivity contribution < 1.29 is 23.5 Å².